The molecule has 0 atom stereocenters. The van der Waals surface area contributed by atoms with Gasteiger partial charge in [0.15, 0.2) is 0 Å². The smallest absolute Gasteiger partial charge is 0.0594 e. The summed E-state index contributed by atoms with van der Waals surface area (Å²) in [5.74, 6) is 0.878. The Bertz CT molecular complexity index is 151. The van der Waals surface area contributed by atoms with Gasteiger partial charge in [0.25, 0.3) is 0 Å². The fraction of sp³-hybridized carbons (Fsp3) is 1.00. The van der Waals surface area contributed by atoms with Crippen LogP contribution in [0, 0.1) is 5.92 Å². The standard InChI is InChI=1S/C10H19NO2/c1-12-10-6-9(7-10)8-11-2-4-13-5-3-11/h9-10H,2-8H2,1H3/t9-,10-. The molecule has 13 heavy (non-hydrogen) atoms. The Hall–Kier alpha value is -0.120. The van der Waals surface area contributed by atoms with Crippen molar-refractivity contribution in [3.05, 3.63) is 0 Å². The van der Waals surface area contributed by atoms with Crippen LogP contribution in [-0.2, 0) is 9.47 Å². The molecule has 0 unspecified atom stereocenters. The maximum absolute atomic E-state index is 5.31. The van der Waals surface area contributed by atoms with Crippen LogP contribution in [0.4, 0.5) is 0 Å². The van der Waals surface area contributed by atoms with Crippen LogP contribution in [-0.4, -0.2) is 51.0 Å². The van der Waals surface area contributed by atoms with E-state index in [0.29, 0.717) is 6.10 Å². The maximum Gasteiger partial charge on any atom is 0.0594 e. The predicted molar refractivity (Wildman–Crippen MR) is 50.8 cm³/mol. The van der Waals surface area contributed by atoms with E-state index >= 15 is 0 Å². The molecule has 76 valence electrons. The topological polar surface area (TPSA) is 21.7 Å². The fourth-order valence-electron chi connectivity index (χ4n) is 2.16. The summed E-state index contributed by atoms with van der Waals surface area (Å²) in [7, 11) is 1.82. The lowest BCUT2D eigenvalue weighted by molar-refractivity contribution is -0.0275. The third kappa shape index (κ3) is 2.42. The van der Waals surface area contributed by atoms with E-state index in [9.17, 15) is 0 Å². The zero-order valence-corrected chi connectivity index (χ0v) is 8.37. The molecule has 0 amide bonds. The van der Waals surface area contributed by atoms with Crippen molar-refractivity contribution < 1.29 is 9.47 Å². The summed E-state index contributed by atoms with van der Waals surface area (Å²) in [6, 6.07) is 0. The van der Waals surface area contributed by atoms with Gasteiger partial charge in [0, 0.05) is 26.7 Å². The van der Waals surface area contributed by atoms with Gasteiger partial charge in [-0.2, -0.15) is 0 Å². The highest BCUT2D eigenvalue weighted by Gasteiger charge is 2.30. The van der Waals surface area contributed by atoms with Crippen LogP contribution >= 0.6 is 0 Å². The Morgan fingerprint density at radius 3 is 2.62 bits per heavy atom. The first-order chi connectivity index (χ1) is 6.38. The average Bonchev–Trinajstić information content (AvgIpc) is 2.12. The molecular weight excluding hydrogens is 166 g/mol. The van der Waals surface area contributed by atoms with Gasteiger partial charge < -0.3 is 9.47 Å². The molecule has 0 radical (unpaired) electrons. The summed E-state index contributed by atoms with van der Waals surface area (Å²) in [4.78, 5) is 2.51. The minimum Gasteiger partial charge on any atom is -0.381 e. The Morgan fingerprint density at radius 1 is 1.31 bits per heavy atom. The molecule has 0 bridgehead atoms. The number of methoxy groups -OCH3 is 1. The van der Waals surface area contributed by atoms with E-state index < -0.39 is 0 Å². The molecule has 0 spiro atoms. The third-order valence-corrected chi connectivity index (χ3v) is 3.15. The average molecular weight is 185 g/mol. The second-order valence-corrected chi connectivity index (χ2v) is 4.11. The van der Waals surface area contributed by atoms with Crippen molar-refractivity contribution in [2.45, 2.75) is 18.9 Å². The first-order valence-corrected chi connectivity index (χ1v) is 5.21. The van der Waals surface area contributed by atoms with E-state index in [2.05, 4.69) is 4.90 Å². The van der Waals surface area contributed by atoms with E-state index in [1.165, 1.54) is 19.4 Å². The summed E-state index contributed by atoms with van der Waals surface area (Å²) >= 11 is 0. The third-order valence-electron chi connectivity index (χ3n) is 3.15. The Kier molecular flexibility index (Phi) is 3.19. The van der Waals surface area contributed by atoms with Crippen molar-refractivity contribution in [2.24, 2.45) is 5.92 Å². The highest BCUT2D eigenvalue weighted by Crippen LogP contribution is 2.30. The molecule has 0 aromatic rings. The molecule has 1 aliphatic heterocycles. The van der Waals surface area contributed by atoms with Crippen LogP contribution in [0.1, 0.15) is 12.8 Å². The zero-order valence-electron chi connectivity index (χ0n) is 8.37. The highest BCUT2D eigenvalue weighted by molar-refractivity contribution is 4.82. The number of nitrogens with zero attached hydrogens (tertiary/aromatic N) is 1. The van der Waals surface area contributed by atoms with Gasteiger partial charge in [-0.15, -0.1) is 0 Å². The van der Waals surface area contributed by atoms with Crippen molar-refractivity contribution in [3.8, 4) is 0 Å². The minimum atomic E-state index is 0.547. The molecule has 0 aromatic carbocycles. The van der Waals surface area contributed by atoms with Gasteiger partial charge in [-0.05, 0) is 18.8 Å². The number of hydrogen-bond donors (Lipinski definition) is 0. The largest absolute Gasteiger partial charge is 0.381 e. The van der Waals surface area contributed by atoms with Crippen LogP contribution in [0.2, 0.25) is 0 Å². The zero-order chi connectivity index (χ0) is 9.10. The summed E-state index contributed by atoms with van der Waals surface area (Å²) in [5.41, 5.74) is 0. The van der Waals surface area contributed by atoms with Crippen LogP contribution in [0.3, 0.4) is 0 Å². The molecule has 0 aromatic heterocycles. The Labute approximate surface area is 80.0 Å². The molecule has 1 heterocycles. The van der Waals surface area contributed by atoms with Crippen molar-refractivity contribution in [1.29, 1.82) is 0 Å². The van der Waals surface area contributed by atoms with Gasteiger partial charge in [-0.1, -0.05) is 0 Å². The second-order valence-electron chi connectivity index (χ2n) is 4.11. The van der Waals surface area contributed by atoms with Gasteiger partial charge in [-0.25, -0.2) is 0 Å². The Balaban J connectivity index is 1.62. The molecule has 3 heteroatoms. The molecule has 2 fully saturated rings. The van der Waals surface area contributed by atoms with Crippen LogP contribution in [0.5, 0.6) is 0 Å². The van der Waals surface area contributed by atoms with E-state index in [-0.39, 0.29) is 0 Å². The normalized spacial score (nSPS) is 35.8. The number of morpholine rings is 1. The maximum atomic E-state index is 5.31. The van der Waals surface area contributed by atoms with E-state index in [1.807, 2.05) is 7.11 Å². The first kappa shape index (κ1) is 9.44. The second kappa shape index (κ2) is 4.40. The molecule has 1 aliphatic carbocycles. The Morgan fingerprint density at radius 2 is 2.00 bits per heavy atom. The lowest BCUT2D eigenvalue weighted by Crippen LogP contribution is -2.44. The number of ether oxygens (including phenoxy) is 2. The van der Waals surface area contributed by atoms with Crippen molar-refractivity contribution >= 4 is 0 Å². The molecule has 2 aliphatic rings. The number of rotatable bonds is 3. The van der Waals surface area contributed by atoms with E-state index in [0.717, 1.165) is 32.2 Å². The fourth-order valence-corrected chi connectivity index (χ4v) is 2.16. The summed E-state index contributed by atoms with van der Waals surface area (Å²) in [6.45, 7) is 5.33. The summed E-state index contributed by atoms with van der Waals surface area (Å²) in [6.07, 6.45) is 3.06. The lowest BCUT2D eigenvalue weighted by atomic mass is 9.82. The quantitative estimate of drug-likeness (QED) is 0.647. The molecule has 0 N–H and O–H groups in total. The van der Waals surface area contributed by atoms with Crippen molar-refractivity contribution in [1.82, 2.24) is 4.90 Å². The van der Waals surface area contributed by atoms with Gasteiger partial charge in [0.05, 0.1) is 19.3 Å². The molecule has 2 rings (SSSR count). The van der Waals surface area contributed by atoms with Gasteiger partial charge in [0.2, 0.25) is 0 Å². The summed E-state index contributed by atoms with van der Waals surface area (Å²) in [5, 5.41) is 0. The molecular formula is C10H19NO2. The first-order valence-electron chi connectivity index (χ1n) is 5.21. The summed E-state index contributed by atoms with van der Waals surface area (Å²) < 4.78 is 10.6. The van der Waals surface area contributed by atoms with Crippen molar-refractivity contribution in [3.63, 3.8) is 0 Å². The van der Waals surface area contributed by atoms with E-state index in [4.69, 9.17) is 9.47 Å². The predicted octanol–water partition coefficient (Wildman–Crippen LogP) is 0.744. The van der Waals surface area contributed by atoms with Crippen molar-refractivity contribution in [2.75, 3.05) is 40.0 Å². The molecule has 1 saturated heterocycles. The van der Waals surface area contributed by atoms with Gasteiger partial charge >= 0.3 is 0 Å². The molecule has 1 saturated carbocycles. The lowest BCUT2D eigenvalue weighted by Gasteiger charge is -2.38. The van der Waals surface area contributed by atoms with Gasteiger partial charge in [-0.3, -0.25) is 4.90 Å². The highest BCUT2D eigenvalue weighted by atomic mass is 16.5. The monoisotopic (exact) mass is 185 g/mol. The number of hydrogen-bond acceptors (Lipinski definition) is 3. The molecule has 3 nitrogen and oxygen atoms in total. The van der Waals surface area contributed by atoms with Crippen LogP contribution in [0.15, 0.2) is 0 Å². The minimum absolute atomic E-state index is 0.547. The van der Waals surface area contributed by atoms with Crippen LogP contribution < -0.4 is 0 Å². The van der Waals surface area contributed by atoms with Crippen LogP contribution in [0.25, 0.3) is 0 Å². The SMILES string of the molecule is CO[C@H]1C[C@H](CN2CCOCC2)C1. The van der Waals surface area contributed by atoms with E-state index in [1.54, 1.807) is 0 Å². The van der Waals surface area contributed by atoms with Gasteiger partial charge in [0.1, 0.15) is 0 Å².